The molecule has 0 unspecified atom stereocenters. The summed E-state index contributed by atoms with van der Waals surface area (Å²) in [4.78, 5) is 16.0. The zero-order chi connectivity index (χ0) is 13.6. The van der Waals surface area contributed by atoms with Crippen LogP contribution in [-0.4, -0.2) is 25.6 Å². The first-order chi connectivity index (χ1) is 9.09. The van der Waals surface area contributed by atoms with Crippen LogP contribution in [0.25, 0.3) is 16.2 Å². The number of aromatic nitrogens is 2. The van der Waals surface area contributed by atoms with Crippen molar-refractivity contribution in [1.29, 1.82) is 0 Å². The summed E-state index contributed by atoms with van der Waals surface area (Å²) in [6.07, 6.45) is 3.54. The Morgan fingerprint density at radius 2 is 2.21 bits per heavy atom. The van der Waals surface area contributed by atoms with Crippen molar-refractivity contribution in [3.8, 4) is 16.3 Å². The number of carbonyl (C=O) groups is 1. The van der Waals surface area contributed by atoms with Gasteiger partial charge in [-0.05, 0) is 19.1 Å². The highest BCUT2D eigenvalue weighted by Gasteiger charge is 2.21. The number of hydrogen-bond donors (Lipinski definition) is 2. The van der Waals surface area contributed by atoms with E-state index in [-0.39, 0.29) is 10.6 Å². The van der Waals surface area contributed by atoms with Crippen LogP contribution in [0.5, 0.6) is 5.75 Å². The lowest BCUT2D eigenvalue weighted by molar-refractivity contribution is 0.0699. The average Bonchev–Trinajstić information content (AvgIpc) is 2.93. The second-order valence-electron chi connectivity index (χ2n) is 4.11. The number of rotatable bonds is 2. The molecule has 2 N–H and O–H groups in total. The van der Waals surface area contributed by atoms with Crippen molar-refractivity contribution in [2.75, 3.05) is 0 Å². The molecule has 3 heterocycles. The number of fused-ring (bicyclic) bond motifs is 1. The molecule has 0 radical (unpaired) electrons. The van der Waals surface area contributed by atoms with Gasteiger partial charge in [0.05, 0.1) is 16.8 Å². The Hall–Kier alpha value is -2.34. The number of thiophene rings is 1. The SMILES string of the molecule is Cc1c(-c2cnc3ccccn23)sc(C(=O)O)c1O. The lowest BCUT2D eigenvalue weighted by Crippen LogP contribution is -1.91. The molecule has 19 heavy (non-hydrogen) atoms. The predicted molar refractivity (Wildman–Crippen MR) is 71.9 cm³/mol. The molecule has 6 heteroatoms. The van der Waals surface area contributed by atoms with E-state index in [1.54, 1.807) is 13.1 Å². The van der Waals surface area contributed by atoms with E-state index >= 15 is 0 Å². The van der Waals surface area contributed by atoms with Crippen molar-refractivity contribution >= 4 is 23.0 Å². The van der Waals surface area contributed by atoms with Gasteiger partial charge >= 0.3 is 5.97 Å². The molecule has 0 amide bonds. The lowest BCUT2D eigenvalue weighted by atomic mass is 10.2. The van der Waals surface area contributed by atoms with Gasteiger partial charge in [0.2, 0.25) is 0 Å². The van der Waals surface area contributed by atoms with Crippen molar-refractivity contribution in [2.24, 2.45) is 0 Å². The number of carboxylic acid groups (broad SMARTS) is 1. The zero-order valence-electron chi connectivity index (χ0n) is 9.99. The van der Waals surface area contributed by atoms with Crippen molar-refractivity contribution < 1.29 is 15.0 Å². The molecule has 3 aromatic rings. The van der Waals surface area contributed by atoms with Crippen molar-refractivity contribution in [3.05, 3.63) is 41.0 Å². The molecule has 96 valence electrons. The van der Waals surface area contributed by atoms with E-state index in [9.17, 15) is 9.90 Å². The van der Waals surface area contributed by atoms with Crippen molar-refractivity contribution in [1.82, 2.24) is 9.38 Å². The third-order valence-corrected chi connectivity index (χ3v) is 4.25. The van der Waals surface area contributed by atoms with E-state index in [0.717, 1.165) is 22.7 Å². The van der Waals surface area contributed by atoms with E-state index in [2.05, 4.69) is 4.98 Å². The van der Waals surface area contributed by atoms with Crippen molar-refractivity contribution in [3.63, 3.8) is 0 Å². The van der Waals surface area contributed by atoms with Gasteiger partial charge in [-0.3, -0.25) is 4.40 Å². The standard InChI is InChI=1S/C13H10N2O3S/c1-7-10(16)12(13(17)18)19-11(7)8-6-14-9-4-2-3-5-15(8)9/h2-6,16H,1H3,(H,17,18). The van der Waals surface area contributed by atoms with Crippen LogP contribution in [-0.2, 0) is 0 Å². The summed E-state index contributed by atoms with van der Waals surface area (Å²) < 4.78 is 1.86. The first kappa shape index (κ1) is 11.7. The molecule has 0 aromatic carbocycles. The Bertz CT molecular complexity index is 788. The first-order valence-electron chi connectivity index (χ1n) is 5.57. The molecule has 5 nitrogen and oxygen atoms in total. The maximum absolute atomic E-state index is 11.0. The predicted octanol–water partition coefficient (Wildman–Crippen LogP) is 2.78. The monoisotopic (exact) mass is 274 g/mol. The minimum atomic E-state index is -1.12. The number of nitrogens with zero attached hydrogens (tertiary/aromatic N) is 2. The number of aromatic hydroxyl groups is 1. The third-order valence-electron chi connectivity index (χ3n) is 2.96. The fourth-order valence-electron chi connectivity index (χ4n) is 1.99. The molecule has 3 rings (SSSR count). The van der Waals surface area contributed by atoms with E-state index < -0.39 is 5.97 Å². The van der Waals surface area contributed by atoms with Gasteiger partial charge in [-0.25, -0.2) is 9.78 Å². The summed E-state index contributed by atoms with van der Waals surface area (Å²) in [5.74, 6) is -1.29. The lowest BCUT2D eigenvalue weighted by Gasteiger charge is -1.99. The summed E-state index contributed by atoms with van der Waals surface area (Å²) in [6, 6.07) is 5.62. The molecule has 0 aliphatic heterocycles. The molecule has 0 bridgehead atoms. The van der Waals surface area contributed by atoms with Gasteiger partial charge in [-0.15, -0.1) is 11.3 Å². The Morgan fingerprint density at radius 3 is 2.89 bits per heavy atom. The zero-order valence-corrected chi connectivity index (χ0v) is 10.8. The largest absolute Gasteiger partial charge is 0.506 e. The fraction of sp³-hybridized carbons (Fsp3) is 0.0769. The van der Waals surface area contributed by atoms with Crippen LogP contribution in [0.4, 0.5) is 0 Å². The Morgan fingerprint density at radius 1 is 1.42 bits per heavy atom. The molecule has 0 aliphatic carbocycles. The summed E-state index contributed by atoms with van der Waals surface area (Å²) >= 11 is 1.06. The second kappa shape index (κ2) is 4.10. The summed E-state index contributed by atoms with van der Waals surface area (Å²) in [5, 5.41) is 18.9. The van der Waals surface area contributed by atoms with Gasteiger partial charge in [0.1, 0.15) is 11.4 Å². The fourth-order valence-corrected chi connectivity index (χ4v) is 3.04. The smallest absolute Gasteiger partial charge is 0.349 e. The Labute approximate surface area is 112 Å². The minimum Gasteiger partial charge on any atom is -0.506 e. The van der Waals surface area contributed by atoms with Gasteiger partial charge in [-0.2, -0.15) is 0 Å². The molecule has 0 aliphatic rings. The molecule has 0 saturated heterocycles. The molecule has 0 saturated carbocycles. The van der Waals surface area contributed by atoms with Crippen LogP contribution in [0.1, 0.15) is 15.2 Å². The molecule has 3 aromatic heterocycles. The highest BCUT2D eigenvalue weighted by molar-refractivity contribution is 7.17. The van der Waals surface area contributed by atoms with E-state index in [1.165, 1.54) is 0 Å². The topological polar surface area (TPSA) is 74.8 Å². The normalized spacial score (nSPS) is 11.0. The summed E-state index contributed by atoms with van der Waals surface area (Å²) in [6.45, 7) is 1.70. The second-order valence-corrected chi connectivity index (χ2v) is 5.13. The Balaban J connectivity index is 2.28. The van der Waals surface area contributed by atoms with E-state index in [0.29, 0.717) is 10.4 Å². The molecule has 0 spiro atoms. The van der Waals surface area contributed by atoms with Gasteiger partial charge in [-0.1, -0.05) is 6.07 Å². The number of hydrogen-bond acceptors (Lipinski definition) is 4. The summed E-state index contributed by atoms with van der Waals surface area (Å²) in [7, 11) is 0. The van der Waals surface area contributed by atoms with Crippen LogP contribution in [0.15, 0.2) is 30.6 Å². The van der Waals surface area contributed by atoms with Crippen LogP contribution < -0.4 is 0 Å². The number of aromatic carboxylic acids is 1. The first-order valence-corrected chi connectivity index (χ1v) is 6.39. The van der Waals surface area contributed by atoms with Crippen LogP contribution in [0.3, 0.4) is 0 Å². The quantitative estimate of drug-likeness (QED) is 0.753. The molecule has 0 atom stereocenters. The number of pyridine rings is 1. The van der Waals surface area contributed by atoms with Crippen LogP contribution >= 0.6 is 11.3 Å². The molecular weight excluding hydrogens is 264 g/mol. The number of carboxylic acids is 1. The van der Waals surface area contributed by atoms with Gasteiger partial charge < -0.3 is 10.2 Å². The third kappa shape index (κ3) is 1.68. The van der Waals surface area contributed by atoms with Gasteiger partial charge in [0.25, 0.3) is 0 Å². The average molecular weight is 274 g/mol. The Kier molecular flexibility index (Phi) is 2.53. The van der Waals surface area contributed by atoms with Gasteiger partial charge in [0.15, 0.2) is 4.88 Å². The minimum absolute atomic E-state index is 0.0432. The summed E-state index contributed by atoms with van der Waals surface area (Å²) in [5.41, 5.74) is 2.12. The van der Waals surface area contributed by atoms with Crippen LogP contribution in [0.2, 0.25) is 0 Å². The highest BCUT2D eigenvalue weighted by atomic mass is 32.1. The van der Waals surface area contributed by atoms with Crippen molar-refractivity contribution in [2.45, 2.75) is 6.92 Å². The molecular formula is C13H10N2O3S. The van der Waals surface area contributed by atoms with Gasteiger partial charge in [0, 0.05) is 11.8 Å². The van der Waals surface area contributed by atoms with E-state index in [4.69, 9.17) is 5.11 Å². The van der Waals surface area contributed by atoms with E-state index in [1.807, 2.05) is 28.8 Å². The molecule has 0 fully saturated rings. The number of imidazole rings is 1. The maximum atomic E-state index is 11.0. The van der Waals surface area contributed by atoms with Crippen LogP contribution in [0, 0.1) is 6.92 Å². The maximum Gasteiger partial charge on any atom is 0.349 e. The highest BCUT2D eigenvalue weighted by Crippen LogP contribution is 2.40.